The van der Waals surface area contributed by atoms with Gasteiger partial charge in [0.25, 0.3) is 0 Å². The van der Waals surface area contributed by atoms with Gasteiger partial charge in [-0.2, -0.15) is 0 Å². The van der Waals surface area contributed by atoms with Crippen LogP contribution in [-0.2, 0) is 5.41 Å². The highest BCUT2D eigenvalue weighted by Gasteiger charge is 2.35. The summed E-state index contributed by atoms with van der Waals surface area (Å²) in [6.45, 7) is 4.73. The molecule has 10 aromatic rings. The summed E-state index contributed by atoms with van der Waals surface area (Å²) in [4.78, 5) is 10.8. The summed E-state index contributed by atoms with van der Waals surface area (Å²) in [7, 11) is 0. The lowest BCUT2D eigenvalue weighted by molar-refractivity contribution is 0.645. The average Bonchev–Trinajstić information content (AvgIpc) is 3.50. The Morgan fingerprint density at radius 1 is 0.480 bits per heavy atom. The highest BCUT2D eigenvalue weighted by molar-refractivity contribution is 6.30. The maximum Gasteiger partial charge on any atom is 0.235 e. The molecular formula is C47H31N3. The van der Waals surface area contributed by atoms with Gasteiger partial charge in [-0.3, -0.25) is 4.57 Å². The van der Waals surface area contributed by atoms with Crippen molar-refractivity contribution < 1.29 is 0 Å². The van der Waals surface area contributed by atoms with Crippen LogP contribution in [0.1, 0.15) is 25.0 Å². The Morgan fingerprint density at radius 3 is 2.08 bits per heavy atom. The summed E-state index contributed by atoms with van der Waals surface area (Å²) in [5.74, 6) is 0.675. The van der Waals surface area contributed by atoms with E-state index in [1.165, 1.54) is 65.3 Å². The fourth-order valence-electron chi connectivity index (χ4n) is 8.83. The zero-order valence-corrected chi connectivity index (χ0v) is 27.8. The minimum absolute atomic E-state index is 0.132. The van der Waals surface area contributed by atoms with Gasteiger partial charge in [0.2, 0.25) is 5.95 Å². The molecule has 1 aliphatic carbocycles. The second-order valence-electron chi connectivity index (χ2n) is 14.2. The molecule has 0 radical (unpaired) electrons. The number of hydrogen-bond acceptors (Lipinski definition) is 2. The smallest absolute Gasteiger partial charge is 0.235 e. The molecule has 8 aromatic carbocycles. The molecule has 0 atom stereocenters. The van der Waals surface area contributed by atoms with E-state index in [2.05, 4.69) is 170 Å². The molecule has 0 bridgehead atoms. The Balaban J connectivity index is 1.34. The first kappa shape index (κ1) is 27.6. The molecule has 1 aliphatic rings. The lowest BCUT2D eigenvalue weighted by atomic mass is 9.68. The minimum atomic E-state index is -0.132. The number of fused-ring (bicyclic) bond motifs is 10. The van der Waals surface area contributed by atoms with Crippen molar-refractivity contribution in [1.29, 1.82) is 0 Å². The van der Waals surface area contributed by atoms with Crippen molar-refractivity contribution in [2.24, 2.45) is 0 Å². The Kier molecular flexibility index (Phi) is 5.45. The lowest BCUT2D eigenvalue weighted by Gasteiger charge is -2.35. The van der Waals surface area contributed by atoms with E-state index in [1.54, 1.807) is 0 Å². The van der Waals surface area contributed by atoms with Crippen LogP contribution in [0.3, 0.4) is 0 Å². The zero-order valence-electron chi connectivity index (χ0n) is 27.8. The molecule has 0 spiro atoms. The second-order valence-corrected chi connectivity index (χ2v) is 14.2. The summed E-state index contributed by atoms with van der Waals surface area (Å²) < 4.78 is 2.32. The zero-order chi connectivity index (χ0) is 33.1. The van der Waals surface area contributed by atoms with Crippen LogP contribution in [0.25, 0.3) is 93.4 Å². The third-order valence-electron chi connectivity index (χ3n) is 11.1. The topological polar surface area (TPSA) is 30.7 Å². The Labute approximate surface area is 289 Å². The lowest BCUT2D eigenvalue weighted by Crippen LogP contribution is -2.23. The summed E-state index contributed by atoms with van der Waals surface area (Å²) in [5.41, 5.74) is 10.4. The molecule has 234 valence electrons. The number of aromatic nitrogens is 3. The van der Waals surface area contributed by atoms with Gasteiger partial charge in [-0.15, -0.1) is 0 Å². The molecule has 50 heavy (non-hydrogen) atoms. The highest BCUT2D eigenvalue weighted by Crippen LogP contribution is 2.53. The second kappa shape index (κ2) is 9.87. The molecule has 2 aromatic heterocycles. The van der Waals surface area contributed by atoms with Crippen LogP contribution in [0.4, 0.5) is 0 Å². The first-order valence-corrected chi connectivity index (χ1v) is 17.3. The van der Waals surface area contributed by atoms with Crippen LogP contribution < -0.4 is 0 Å². The molecule has 0 amide bonds. The molecule has 3 heteroatoms. The van der Waals surface area contributed by atoms with E-state index < -0.39 is 0 Å². The van der Waals surface area contributed by atoms with Crippen molar-refractivity contribution in [1.82, 2.24) is 14.5 Å². The monoisotopic (exact) mass is 637 g/mol. The Morgan fingerprint density at radius 2 is 1.18 bits per heavy atom. The van der Waals surface area contributed by atoms with Crippen molar-refractivity contribution in [3.05, 3.63) is 163 Å². The van der Waals surface area contributed by atoms with Gasteiger partial charge in [-0.25, -0.2) is 9.97 Å². The summed E-state index contributed by atoms with van der Waals surface area (Å²) >= 11 is 0. The fourth-order valence-corrected chi connectivity index (χ4v) is 8.83. The van der Waals surface area contributed by atoms with E-state index in [4.69, 9.17) is 9.97 Å². The van der Waals surface area contributed by atoms with Gasteiger partial charge in [-0.05, 0) is 73.3 Å². The van der Waals surface area contributed by atoms with Crippen LogP contribution in [0.5, 0.6) is 0 Å². The van der Waals surface area contributed by atoms with E-state index >= 15 is 0 Å². The highest BCUT2D eigenvalue weighted by atomic mass is 15.2. The number of hydrogen-bond donors (Lipinski definition) is 0. The molecule has 0 aliphatic heterocycles. The number of nitrogens with zero attached hydrogens (tertiary/aromatic N) is 3. The number of para-hydroxylation sites is 1. The van der Waals surface area contributed by atoms with Gasteiger partial charge in [0, 0.05) is 32.7 Å². The summed E-state index contributed by atoms with van der Waals surface area (Å²) in [6, 6.07) is 55.0. The number of benzene rings is 8. The molecule has 0 fully saturated rings. The first-order valence-electron chi connectivity index (χ1n) is 17.3. The molecular weight excluding hydrogens is 607 g/mol. The van der Waals surface area contributed by atoms with Gasteiger partial charge >= 0.3 is 0 Å². The van der Waals surface area contributed by atoms with Crippen LogP contribution >= 0.6 is 0 Å². The van der Waals surface area contributed by atoms with Gasteiger partial charge in [0.05, 0.1) is 22.2 Å². The average molecular weight is 638 g/mol. The Bertz CT molecular complexity index is 3070. The standard InChI is InChI=1S/C47H31N3/c1-47(2)36-19-9-7-17-34(36)43-41-31(15-11-20-37(41)47)27-40-44(43)42-33-16-6-5-13-29(33)24-25-39(42)50(40)46-48-38-21-10-8-18-35(38)45(49-46)32-23-22-28-12-3-4-14-30(28)26-32/h3-27H,1-2H3. The minimum Gasteiger partial charge on any atom is -0.278 e. The predicted octanol–water partition coefficient (Wildman–Crippen LogP) is 12.2. The van der Waals surface area contributed by atoms with Gasteiger partial charge < -0.3 is 0 Å². The largest absolute Gasteiger partial charge is 0.278 e. The number of rotatable bonds is 2. The first-order chi connectivity index (χ1) is 24.6. The SMILES string of the molecule is CC1(C)c2ccccc2-c2c3c1cccc3cc1c2c2c3ccccc3ccc2n1-c1nc(-c2ccc3ccccc3c2)c2ccccc2n1. The van der Waals surface area contributed by atoms with Gasteiger partial charge in [0.15, 0.2) is 0 Å². The summed E-state index contributed by atoms with van der Waals surface area (Å²) in [5, 5.41) is 11.0. The maximum atomic E-state index is 5.49. The van der Waals surface area contributed by atoms with E-state index in [0.29, 0.717) is 5.95 Å². The van der Waals surface area contributed by atoms with Crippen LogP contribution in [0, 0.1) is 0 Å². The predicted molar refractivity (Wildman–Crippen MR) is 209 cm³/mol. The van der Waals surface area contributed by atoms with Gasteiger partial charge in [-0.1, -0.05) is 141 Å². The van der Waals surface area contributed by atoms with Crippen molar-refractivity contribution in [2.45, 2.75) is 19.3 Å². The van der Waals surface area contributed by atoms with E-state index in [-0.39, 0.29) is 5.41 Å². The van der Waals surface area contributed by atoms with E-state index in [9.17, 15) is 0 Å². The summed E-state index contributed by atoms with van der Waals surface area (Å²) in [6.07, 6.45) is 0. The molecule has 0 unspecified atom stereocenters. The third kappa shape index (κ3) is 3.64. The fraction of sp³-hybridized carbons (Fsp3) is 0.0638. The van der Waals surface area contributed by atoms with Crippen molar-refractivity contribution in [2.75, 3.05) is 0 Å². The molecule has 0 N–H and O–H groups in total. The normalized spacial score (nSPS) is 13.6. The van der Waals surface area contributed by atoms with E-state index in [0.717, 1.165) is 33.2 Å². The van der Waals surface area contributed by atoms with Crippen LogP contribution in [0.15, 0.2) is 152 Å². The third-order valence-corrected chi connectivity index (χ3v) is 11.1. The molecule has 0 saturated carbocycles. The maximum absolute atomic E-state index is 5.49. The molecule has 0 saturated heterocycles. The quantitative estimate of drug-likeness (QED) is 0.189. The van der Waals surface area contributed by atoms with Gasteiger partial charge in [0.1, 0.15) is 0 Å². The van der Waals surface area contributed by atoms with Crippen molar-refractivity contribution in [3.8, 4) is 28.3 Å². The molecule has 3 nitrogen and oxygen atoms in total. The Hall–Kier alpha value is -6.32. The van der Waals surface area contributed by atoms with Crippen molar-refractivity contribution in [3.63, 3.8) is 0 Å². The van der Waals surface area contributed by atoms with Crippen molar-refractivity contribution >= 4 is 65.0 Å². The van der Waals surface area contributed by atoms with E-state index in [1.807, 2.05) is 0 Å². The van der Waals surface area contributed by atoms with Crippen LogP contribution in [0.2, 0.25) is 0 Å². The molecule has 2 heterocycles. The van der Waals surface area contributed by atoms with Crippen LogP contribution in [-0.4, -0.2) is 14.5 Å². The molecule has 11 rings (SSSR count).